The first-order chi connectivity index (χ1) is 11.7. The average molecular weight is 330 g/mol. The summed E-state index contributed by atoms with van der Waals surface area (Å²) in [6, 6.07) is 3.65. The second-order valence-corrected chi connectivity index (χ2v) is 6.67. The van der Waals surface area contributed by atoms with E-state index in [0.717, 1.165) is 38.9 Å². The van der Waals surface area contributed by atoms with Crippen LogP contribution in [0.5, 0.6) is 0 Å². The van der Waals surface area contributed by atoms with Crippen LogP contribution < -0.4 is 5.32 Å². The van der Waals surface area contributed by atoms with Crippen LogP contribution in [-0.2, 0) is 4.79 Å². The summed E-state index contributed by atoms with van der Waals surface area (Å²) >= 11 is 0. The van der Waals surface area contributed by atoms with Crippen LogP contribution in [0.2, 0.25) is 0 Å². The van der Waals surface area contributed by atoms with Crippen LogP contribution in [0.4, 0.5) is 5.82 Å². The molecule has 6 heteroatoms. The lowest BCUT2D eigenvalue weighted by molar-refractivity contribution is -0.127. The smallest absolute Gasteiger partial charge is 0.254 e. The lowest BCUT2D eigenvalue weighted by atomic mass is 10.1. The third-order valence-electron chi connectivity index (χ3n) is 4.71. The van der Waals surface area contributed by atoms with Crippen molar-refractivity contribution >= 4 is 17.6 Å². The standard InChI is InChI=1S/C18H26N4O2/c1-2-8-22-13-15(12-17(22)23)20-16-11-14(6-7-19-16)18(24)21-9-4-3-5-10-21/h6-7,11,15H,2-5,8-10,12-13H2,1H3,(H,19,20). The van der Waals surface area contributed by atoms with Crippen molar-refractivity contribution in [2.75, 3.05) is 31.5 Å². The van der Waals surface area contributed by atoms with Gasteiger partial charge in [0.1, 0.15) is 5.82 Å². The molecule has 6 nitrogen and oxygen atoms in total. The number of aromatic nitrogens is 1. The predicted octanol–water partition coefficient (Wildman–Crippen LogP) is 2.13. The van der Waals surface area contributed by atoms with E-state index >= 15 is 0 Å². The fourth-order valence-electron chi connectivity index (χ4n) is 3.49. The molecular formula is C18H26N4O2. The van der Waals surface area contributed by atoms with Crippen molar-refractivity contribution in [3.63, 3.8) is 0 Å². The molecule has 3 heterocycles. The van der Waals surface area contributed by atoms with Crippen molar-refractivity contribution in [3.8, 4) is 0 Å². The number of likely N-dealkylation sites (tertiary alicyclic amines) is 2. The summed E-state index contributed by atoms with van der Waals surface area (Å²) in [6.07, 6.45) is 6.50. The zero-order chi connectivity index (χ0) is 16.9. The number of rotatable bonds is 5. The quantitative estimate of drug-likeness (QED) is 0.898. The third-order valence-corrected chi connectivity index (χ3v) is 4.71. The Balaban J connectivity index is 1.63. The molecule has 130 valence electrons. The van der Waals surface area contributed by atoms with Crippen molar-refractivity contribution in [2.45, 2.75) is 45.1 Å². The summed E-state index contributed by atoms with van der Waals surface area (Å²) in [5.41, 5.74) is 0.670. The molecule has 1 unspecified atom stereocenters. The Hall–Kier alpha value is -2.11. The molecular weight excluding hydrogens is 304 g/mol. The van der Waals surface area contributed by atoms with Gasteiger partial charge in [0.2, 0.25) is 5.91 Å². The van der Waals surface area contributed by atoms with Crippen molar-refractivity contribution in [2.24, 2.45) is 0 Å². The molecule has 0 bridgehead atoms. The number of anilines is 1. The van der Waals surface area contributed by atoms with Gasteiger partial charge in [-0.15, -0.1) is 0 Å². The van der Waals surface area contributed by atoms with Gasteiger partial charge >= 0.3 is 0 Å². The van der Waals surface area contributed by atoms with Crippen molar-refractivity contribution < 1.29 is 9.59 Å². The molecule has 2 aliphatic heterocycles. The van der Waals surface area contributed by atoms with Gasteiger partial charge in [-0.3, -0.25) is 9.59 Å². The molecule has 1 atom stereocenters. The molecule has 1 aromatic heterocycles. The Bertz CT molecular complexity index is 598. The first-order valence-electron chi connectivity index (χ1n) is 8.97. The number of hydrogen-bond donors (Lipinski definition) is 1. The topological polar surface area (TPSA) is 65.5 Å². The SMILES string of the molecule is CCCN1CC(Nc2cc(C(=O)N3CCCCC3)ccn2)CC1=O. The maximum absolute atomic E-state index is 12.6. The largest absolute Gasteiger partial charge is 0.365 e. The predicted molar refractivity (Wildman–Crippen MR) is 92.9 cm³/mol. The van der Waals surface area contributed by atoms with Crippen LogP contribution >= 0.6 is 0 Å². The van der Waals surface area contributed by atoms with E-state index in [1.807, 2.05) is 15.9 Å². The highest BCUT2D eigenvalue weighted by Gasteiger charge is 2.29. The van der Waals surface area contributed by atoms with Gasteiger partial charge in [-0.2, -0.15) is 0 Å². The molecule has 2 saturated heterocycles. The van der Waals surface area contributed by atoms with Crippen LogP contribution in [0, 0.1) is 0 Å². The van der Waals surface area contributed by atoms with Crippen LogP contribution in [0.25, 0.3) is 0 Å². The number of piperidine rings is 1. The molecule has 0 aliphatic carbocycles. The minimum Gasteiger partial charge on any atom is -0.365 e. The number of carbonyl (C=O) groups is 2. The number of nitrogens with zero attached hydrogens (tertiary/aromatic N) is 3. The Morgan fingerprint density at radius 2 is 2.12 bits per heavy atom. The molecule has 2 aliphatic rings. The van der Waals surface area contributed by atoms with Gasteiger partial charge in [0.25, 0.3) is 5.91 Å². The molecule has 1 N–H and O–H groups in total. The maximum Gasteiger partial charge on any atom is 0.254 e. The van der Waals surface area contributed by atoms with Gasteiger partial charge in [-0.25, -0.2) is 4.98 Å². The van der Waals surface area contributed by atoms with Crippen molar-refractivity contribution in [1.82, 2.24) is 14.8 Å². The number of carbonyl (C=O) groups excluding carboxylic acids is 2. The summed E-state index contributed by atoms with van der Waals surface area (Å²) < 4.78 is 0. The van der Waals surface area contributed by atoms with Gasteiger partial charge in [0.15, 0.2) is 0 Å². The van der Waals surface area contributed by atoms with Gasteiger partial charge < -0.3 is 15.1 Å². The number of amides is 2. The minimum absolute atomic E-state index is 0.0666. The minimum atomic E-state index is 0.0666. The number of nitrogens with one attached hydrogen (secondary N) is 1. The van der Waals surface area contributed by atoms with Crippen LogP contribution in [0.15, 0.2) is 18.3 Å². The van der Waals surface area contributed by atoms with Crippen molar-refractivity contribution in [3.05, 3.63) is 23.9 Å². The lowest BCUT2D eigenvalue weighted by Crippen LogP contribution is -2.35. The first kappa shape index (κ1) is 16.7. The van der Waals surface area contributed by atoms with Crippen LogP contribution in [0.1, 0.15) is 49.4 Å². The molecule has 1 aromatic rings. The van der Waals surface area contributed by atoms with E-state index in [1.165, 1.54) is 6.42 Å². The molecule has 2 amide bonds. The highest BCUT2D eigenvalue weighted by Crippen LogP contribution is 2.18. The molecule has 0 radical (unpaired) electrons. The summed E-state index contributed by atoms with van der Waals surface area (Å²) in [5.74, 6) is 0.944. The molecule has 0 aromatic carbocycles. The fraction of sp³-hybridized carbons (Fsp3) is 0.611. The van der Waals surface area contributed by atoms with E-state index < -0.39 is 0 Å². The van der Waals surface area contributed by atoms with Gasteiger partial charge in [0.05, 0.1) is 6.04 Å². The fourth-order valence-corrected chi connectivity index (χ4v) is 3.49. The Morgan fingerprint density at radius 1 is 1.33 bits per heavy atom. The molecule has 3 rings (SSSR count). The lowest BCUT2D eigenvalue weighted by Gasteiger charge is -2.26. The van der Waals surface area contributed by atoms with E-state index in [-0.39, 0.29) is 17.9 Å². The summed E-state index contributed by atoms with van der Waals surface area (Å²) in [4.78, 5) is 32.7. The summed E-state index contributed by atoms with van der Waals surface area (Å²) in [5, 5.41) is 3.31. The summed E-state index contributed by atoms with van der Waals surface area (Å²) in [6.45, 7) is 5.27. The normalized spacial score (nSPS) is 21.2. The second-order valence-electron chi connectivity index (χ2n) is 6.67. The highest BCUT2D eigenvalue weighted by atomic mass is 16.2. The first-order valence-corrected chi connectivity index (χ1v) is 8.97. The molecule has 0 spiro atoms. The molecule has 24 heavy (non-hydrogen) atoms. The van der Waals surface area contributed by atoms with Crippen LogP contribution in [-0.4, -0.2) is 58.8 Å². The Kier molecular flexibility index (Phi) is 5.33. The van der Waals surface area contributed by atoms with E-state index in [1.54, 1.807) is 12.3 Å². The molecule has 2 fully saturated rings. The molecule has 0 saturated carbocycles. The van der Waals surface area contributed by atoms with Gasteiger partial charge in [-0.1, -0.05) is 6.92 Å². The maximum atomic E-state index is 12.6. The average Bonchev–Trinajstić information content (AvgIpc) is 2.95. The van der Waals surface area contributed by atoms with Crippen molar-refractivity contribution in [1.29, 1.82) is 0 Å². The van der Waals surface area contributed by atoms with Crippen LogP contribution in [0.3, 0.4) is 0 Å². The van der Waals surface area contributed by atoms with E-state index in [9.17, 15) is 9.59 Å². The number of hydrogen-bond acceptors (Lipinski definition) is 4. The van der Waals surface area contributed by atoms with E-state index in [4.69, 9.17) is 0 Å². The highest BCUT2D eigenvalue weighted by molar-refractivity contribution is 5.95. The zero-order valence-electron chi connectivity index (χ0n) is 14.3. The van der Waals surface area contributed by atoms with E-state index in [2.05, 4.69) is 17.2 Å². The zero-order valence-corrected chi connectivity index (χ0v) is 14.3. The van der Waals surface area contributed by atoms with E-state index in [0.29, 0.717) is 24.3 Å². The van der Waals surface area contributed by atoms with Gasteiger partial charge in [0, 0.05) is 44.4 Å². The second kappa shape index (κ2) is 7.64. The Labute approximate surface area is 143 Å². The Morgan fingerprint density at radius 3 is 2.88 bits per heavy atom. The monoisotopic (exact) mass is 330 g/mol. The number of pyridine rings is 1. The third kappa shape index (κ3) is 3.86. The summed E-state index contributed by atoms with van der Waals surface area (Å²) in [7, 11) is 0. The van der Waals surface area contributed by atoms with Gasteiger partial charge in [-0.05, 0) is 37.8 Å².